The second-order valence-corrected chi connectivity index (χ2v) is 4.15. The van der Waals surface area contributed by atoms with Gasteiger partial charge < -0.3 is 0 Å². The Morgan fingerprint density at radius 1 is 1.50 bits per heavy atom. The molecule has 0 unspecified atom stereocenters. The molecule has 0 fully saturated rings. The van der Waals surface area contributed by atoms with Crippen LogP contribution in [0.2, 0.25) is 0 Å². The second-order valence-electron chi connectivity index (χ2n) is 2.90. The molecule has 0 aliphatic carbocycles. The highest BCUT2D eigenvalue weighted by atomic mass is 127. The van der Waals surface area contributed by atoms with E-state index in [-0.39, 0.29) is 0 Å². The van der Waals surface area contributed by atoms with E-state index in [2.05, 4.69) is 37.3 Å². The predicted octanol–water partition coefficient (Wildman–Crippen LogP) is 1.94. The molecule has 0 saturated carbocycles. The van der Waals surface area contributed by atoms with Gasteiger partial charge in [0.15, 0.2) is 5.82 Å². The maximum atomic E-state index is 10.8. The van der Waals surface area contributed by atoms with Crippen molar-refractivity contribution in [3.05, 3.63) is 37.9 Å². The molecule has 2 rings (SSSR count). The summed E-state index contributed by atoms with van der Waals surface area (Å²) in [6.07, 6.45) is 0. The number of nitrogens with one attached hydrogen (secondary N) is 1. The molecular formula is C9H7IN2O2. The average molecular weight is 302 g/mol. The summed E-state index contributed by atoms with van der Waals surface area (Å²) in [5, 5.41) is 3.63. The number of benzene rings is 1. The third kappa shape index (κ3) is 1.72. The van der Waals surface area contributed by atoms with E-state index in [4.69, 9.17) is 0 Å². The van der Waals surface area contributed by atoms with Crippen LogP contribution in [0.4, 0.5) is 0 Å². The van der Waals surface area contributed by atoms with Crippen LogP contribution in [-0.4, -0.2) is 10.1 Å². The highest BCUT2D eigenvalue weighted by Crippen LogP contribution is 2.20. The normalized spacial score (nSPS) is 10.4. The highest BCUT2D eigenvalue weighted by Gasteiger charge is 2.06. The van der Waals surface area contributed by atoms with E-state index >= 15 is 0 Å². The Balaban J connectivity index is 2.57. The molecule has 5 heteroatoms. The van der Waals surface area contributed by atoms with E-state index < -0.39 is 5.76 Å². The van der Waals surface area contributed by atoms with E-state index in [1.54, 1.807) is 0 Å². The summed E-state index contributed by atoms with van der Waals surface area (Å²) < 4.78 is 5.59. The van der Waals surface area contributed by atoms with Crippen molar-refractivity contribution < 1.29 is 4.52 Å². The minimum atomic E-state index is -0.530. The summed E-state index contributed by atoms with van der Waals surface area (Å²) in [5.41, 5.74) is 1.94. The van der Waals surface area contributed by atoms with Gasteiger partial charge in [0.1, 0.15) is 0 Å². The Morgan fingerprint density at radius 2 is 2.29 bits per heavy atom. The van der Waals surface area contributed by atoms with Gasteiger partial charge in [-0.15, -0.1) is 0 Å². The van der Waals surface area contributed by atoms with Crippen LogP contribution < -0.4 is 5.76 Å². The Kier molecular flexibility index (Phi) is 2.40. The molecule has 0 aliphatic rings. The Morgan fingerprint density at radius 3 is 2.86 bits per heavy atom. The molecule has 1 N–H and O–H groups in total. The first-order chi connectivity index (χ1) is 6.66. The quantitative estimate of drug-likeness (QED) is 0.819. The van der Waals surface area contributed by atoms with E-state index in [1.165, 1.54) is 0 Å². The smallest absolute Gasteiger partial charge is 0.296 e. The fraction of sp³-hybridized carbons (Fsp3) is 0.111. The van der Waals surface area contributed by atoms with Crippen molar-refractivity contribution in [2.45, 2.75) is 6.92 Å². The Labute approximate surface area is 93.5 Å². The molecule has 72 valence electrons. The van der Waals surface area contributed by atoms with Crippen molar-refractivity contribution in [1.29, 1.82) is 0 Å². The van der Waals surface area contributed by atoms with Gasteiger partial charge in [-0.3, -0.25) is 9.51 Å². The van der Waals surface area contributed by atoms with Crippen LogP contribution in [0.3, 0.4) is 0 Å². The van der Waals surface area contributed by atoms with E-state index in [9.17, 15) is 4.79 Å². The van der Waals surface area contributed by atoms with Crippen LogP contribution in [0.5, 0.6) is 0 Å². The van der Waals surface area contributed by atoms with Crippen LogP contribution in [0.1, 0.15) is 5.56 Å². The minimum absolute atomic E-state index is 0.476. The van der Waals surface area contributed by atoms with Gasteiger partial charge in [0.25, 0.3) is 0 Å². The summed E-state index contributed by atoms with van der Waals surface area (Å²) in [6, 6.07) is 5.88. The highest BCUT2D eigenvalue weighted by molar-refractivity contribution is 14.1. The number of aromatic amines is 1. The van der Waals surface area contributed by atoms with Crippen LogP contribution in [-0.2, 0) is 0 Å². The molecular weight excluding hydrogens is 295 g/mol. The van der Waals surface area contributed by atoms with Gasteiger partial charge in [-0.25, -0.2) is 4.79 Å². The van der Waals surface area contributed by atoms with Crippen molar-refractivity contribution >= 4 is 22.6 Å². The van der Waals surface area contributed by atoms with Gasteiger partial charge in [-0.1, -0.05) is 5.16 Å². The van der Waals surface area contributed by atoms with Gasteiger partial charge in [-0.05, 0) is 53.3 Å². The molecule has 2 aromatic rings. The van der Waals surface area contributed by atoms with Gasteiger partial charge in [0.05, 0.1) is 0 Å². The maximum Gasteiger partial charge on any atom is 0.439 e. The monoisotopic (exact) mass is 302 g/mol. The van der Waals surface area contributed by atoms with Crippen LogP contribution in [0.25, 0.3) is 11.4 Å². The van der Waals surface area contributed by atoms with Crippen LogP contribution in [0, 0.1) is 10.5 Å². The lowest BCUT2D eigenvalue weighted by Crippen LogP contribution is -1.95. The number of hydrogen-bond donors (Lipinski definition) is 1. The molecule has 14 heavy (non-hydrogen) atoms. The summed E-state index contributed by atoms with van der Waals surface area (Å²) in [6.45, 7) is 1.96. The zero-order valence-corrected chi connectivity index (χ0v) is 9.53. The number of aromatic nitrogens is 2. The lowest BCUT2D eigenvalue weighted by atomic mass is 10.1. The average Bonchev–Trinajstić information content (AvgIpc) is 2.51. The summed E-state index contributed by atoms with van der Waals surface area (Å²) >= 11 is 2.23. The number of halogens is 1. The van der Waals surface area contributed by atoms with Crippen molar-refractivity contribution in [2.24, 2.45) is 0 Å². The molecule has 1 aromatic carbocycles. The zero-order valence-electron chi connectivity index (χ0n) is 7.37. The SMILES string of the molecule is Cc1cc(I)ccc1-c1noc(=O)[nH]1. The number of H-pyrrole nitrogens is 1. The standard InChI is InChI=1S/C9H7IN2O2/c1-5-4-6(10)2-3-7(5)8-11-9(13)14-12-8/h2-4H,1H3,(H,11,12,13). The summed E-state index contributed by atoms with van der Waals surface area (Å²) in [7, 11) is 0. The third-order valence-electron chi connectivity index (χ3n) is 1.88. The van der Waals surface area contributed by atoms with Crippen molar-refractivity contribution in [3.63, 3.8) is 0 Å². The third-order valence-corrected chi connectivity index (χ3v) is 2.55. The first-order valence-electron chi connectivity index (χ1n) is 3.99. The minimum Gasteiger partial charge on any atom is -0.296 e. The van der Waals surface area contributed by atoms with Crippen LogP contribution >= 0.6 is 22.6 Å². The predicted molar refractivity (Wildman–Crippen MR) is 60.0 cm³/mol. The molecule has 1 heterocycles. The zero-order chi connectivity index (χ0) is 10.1. The summed E-state index contributed by atoms with van der Waals surface area (Å²) in [5.74, 6) is -0.0538. The van der Waals surface area contributed by atoms with Gasteiger partial charge in [-0.2, -0.15) is 0 Å². The molecule has 0 amide bonds. The van der Waals surface area contributed by atoms with Crippen molar-refractivity contribution in [2.75, 3.05) is 0 Å². The number of aryl methyl sites for hydroxylation is 1. The number of rotatable bonds is 1. The van der Waals surface area contributed by atoms with Gasteiger partial charge in [0, 0.05) is 9.13 Å². The van der Waals surface area contributed by atoms with Crippen molar-refractivity contribution in [1.82, 2.24) is 10.1 Å². The van der Waals surface area contributed by atoms with Gasteiger partial charge in [0.2, 0.25) is 0 Å². The van der Waals surface area contributed by atoms with Crippen molar-refractivity contribution in [3.8, 4) is 11.4 Å². The van der Waals surface area contributed by atoms with Crippen LogP contribution in [0.15, 0.2) is 27.5 Å². The maximum absolute atomic E-state index is 10.8. The van der Waals surface area contributed by atoms with Gasteiger partial charge >= 0.3 is 5.76 Å². The topological polar surface area (TPSA) is 58.9 Å². The first kappa shape index (κ1) is 9.45. The molecule has 0 spiro atoms. The lowest BCUT2D eigenvalue weighted by Gasteiger charge is -2.00. The van der Waals surface area contributed by atoms with E-state index in [0.29, 0.717) is 5.82 Å². The fourth-order valence-electron chi connectivity index (χ4n) is 1.24. The Bertz CT molecular complexity index is 516. The fourth-order valence-corrected chi connectivity index (χ4v) is 1.89. The van der Waals surface area contributed by atoms with E-state index in [1.807, 2.05) is 25.1 Å². The molecule has 0 atom stereocenters. The number of nitrogens with zero attached hydrogens (tertiary/aromatic N) is 1. The molecule has 0 aliphatic heterocycles. The molecule has 0 saturated heterocycles. The molecule has 0 bridgehead atoms. The number of hydrogen-bond acceptors (Lipinski definition) is 3. The molecule has 4 nitrogen and oxygen atoms in total. The Hall–Kier alpha value is -1.11. The molecule has 0 radical (unpaired) electrons. The van der Waals surface area contributed by atoms with E-state index in [0.717, 1.165) is 14.7 Å². The summed E-state index contributed by atoms with van der Waals surface area (Å²) in [4.78, 5) is 13.3. The first-order valence-corrected chi connectivity index (χ1v) is 5.07. The molecule has 1 aromatic heterocycles. The lowest BCUT2D eigenvalue weighted by molar-refractivity contribution is 0.388. The largest absolute Gasteiger partial charge is 0.439 e. The second kappa shape index (κ2) is 3.56.